The van der Waals surface area contributed by atoms with Crippen molar-refractivity contribution < 1.29 is 9.18 Å². The van der Waals surface area contributed by atoms with Crippen LogP contribution in [0.15, 0.2) is 22.7 Å². The molecule has 2 saturated heterocycles. The summed E-state index contributed by atoms with van der Waals surface area (Å²) < 4.78 is 14.4. The highest BCUT2D eigenvalue weighted by molar-refractivity contribution is 9.10. The van der Waals surface area contributed by atoms with Crippen molar-refractivity contribution in [1.29, 1.82) is 0 Å². The first kappa shape index (κ1) is 13.1. The number of benzene rings is 1. The zero-order chi connectivity index (χ0) is 13.4. The molecular formula is C14H16BrFN2O. The highest BCUT2D eigenvalue weighted by Crippen LogP contribution is 2.25. The smallest absolute Gasteiger partial charge is 0.258 e. The van der Waals surface area contributed by atoms with Gasteiger partial charge in [0.1, 0.15) is 5.82 Å². The Morgan fingerprint density at radius 3 is 2.95 bits per heavy atom. The Balaban J connectivity index is 1.81. The minimum absolute atomic E-state index is 0.161. The predicted octanol–water partition coefficient (Wildman–Crippen LogP) is 2.51. The maximum absolute atomic E-state index is 13.8. The second kappa shape index (κ2) is 5.21. The van der Waals surface area contributed by atoms with Crippen molar-refractivity contribution in [1.82, 2.24) is 9.80 Å². The van der Waals surface area contributed by atoms with E-state index >= 15 is 0 Å². The molecular weight excluding hydrogens is 311 g/mol. The lowest BCUT2D eigenvalue weighted by Crippen LogP contribution is -2.52. The SMILES string of the molecule is O=C(c1c(F)cccc1Br)N1CCN2CCCC2C1. The Kier molecular flexibility index (Phi) is 3.58. The van der Waals surface area contributed by atoms with Crippen LogP contribution in [0.3, 0.4) is 0 Å². The van der Waals surface area contributed by atoms with Gasteiger partial charge in [-0.05, 0) is 47.4 Å². The first-order valence-electron chi connectivity index (χ1n) is 6.64. The standard InChI is InChI=1S/C14H16BrFN2O/c15-11-4-1-5-12(16)13(11)14(19)18-8-7-17-6-2-3-10(17)9-18/h1,4-5,10H,2-3,6-9H2. The number of carbonyl (C=O) groups excluding carboxylic acids is 1. The molecule has 0 radical (unpaired) electrons. The molecule has 3 rings (SSSR count). The highest BCUT2D eigenvalue weighted by Gasteiger charge is 2.33. The molecule has 0 spiro atoms. The number of rotatable bonds is 1. The fourth-order valence-electron chi connectivity index (χ4n) is 3.04. The topological polar surface area (TPSA) is 23.6 Å². The van der Waals surface area contributed by atoms with Crippen molar-refractivity contribution in [3.05, 3.63) is 34.1 Å². The Hall–Kier alpha value is -0.940. The van der Waals surface area contributed by atoms with Crippen LogP contribution in [-0.2, 0) is 0 Å². The van der Waals surface area contributed by atoms with E-state index in [1.165, 1.54) is 12.5 Å². The van der Waals surface area contributed by atoms with Crippen LogP contribution in [0, 0.1) is 5.82 Å². The molecule has 1 unspecified atom stereocenters. The van der Waals surface area contributed by atoms with Crippen LogP contribution in [0.2, 0.25) is 0 Å². The van der Waals surface area contributed by atoms with Crippen molar-refractivity contribution in [3.8, 4) is 0 Å². The Labute approximate surface area is 120 Å². The molecule has 0 aromatic heterocycles. The normalized spacial score (nSPS) is 23.5. The average molecular weight is 327 g/mol. The van der Waals surface area contributed by atoms with E-state index in [4.69, 9.17) is 0 Å². The summed E-state index contributed by atoms with van der Waals surface area (Å²) in [5, 5.41) is 0. The Bertz CT molecular complexity index is 488. The summed E-state index contributed by atoms with van der Waals surface area (Å²) >= 11 is 3.27. The van der Waals surface area contributed by atoms with E-state index in [-0.39, 0.29) is 11.5 Å². The molecule has 1 aromatic carbocycles. The highest BCUT2D eigenvalue weighted by atomic mass is 79.9. The van der Waals surface area contributed by atoms with Crippen molar-refractivity contribution >= 4 is 21.8 Å². The van der Waals surface area contributed by atoms with Crippen molar-refractivity contribution in [2.45, 2.75) is 18.9 Å². The van der Waals surface area contributed by atoms with Crippen LogP contribution in [0.4, 0.5) is 4.39 Å². The lowest BCUT2D eigenvalue weighted by atomic mass is 10.1. The molecule has 2 fully saturated rings. The molecule has 19 heavy (non-hydrogen) atoms. The fraction of sp³-hybridized carbons (Fsp3) is 0.500. The number of amides is 1. The van der Waals surface area contributed by atoms with Gasteiger partial charge in [0.15, 0.2) is 0 Å². The average Bonchev–Trinajstić information content (AvgIpc) is 2.85. The molecule has 3 nitrogen and oxygen atoms in total. The third kappa shape index (κ3) is 2.41. The molecule has 0 aliphatic carbocycles. The van der Waals surface area contributed by atoms with Gasteiger partial charge in [0.05, 0.1) is 5.56 Å². The third-order valence-corrected chi connectivity index (χ3v) is 4.71. The number of halogens is 2. The van der Waals surface area contributed by atoms with Crippen molar-refractivity contribution in [2.24, 2.45) is 0 Å². The summed E-state index contributed by atoms with van der Waals surface area (Å²) in [5.74, 6) is -0.648. The minimum atomic E-state index is -0.451. The van der Waals surface area contributed by atoms with Gasteiger partial charge < -0.3 is 4.90 Å². The van der Waals surface area contributed by atoms with Gasteiger partial charge in [-0.15, -0.1) is 0 Å². The van der Waals surface area contributed by atoms with Crippen LogP contribution in [0.1, 0.15) is 23.2 Å². The summed E-state index contributed by atoms with van der Waals surface area (Å²) in [6.07, 6.45) is 2.35. The zero-order valence-corrected chi connectivity index (χ0v) is 12.2. The molecule has 2 aliphatic heterocycles. The van der Waals surface area contributed by atoms with Crippen LogP contribution in [0.5, 0.6) is 0 Å². The number of hydrogen-bond donors (Lipinski definition) is 0. The predicted molar refractivity (Wildman–Crippen MR) is 74.6 cm³/mol. The molecule has 0 bridgehead atoms. The van der Waals surface area contributed by atoms with E-state index in [0.29, 0.717) is 17.1 Å². The Morgan fingerprint density at radius 1 is 1.32 bits per heavy atom. The number of piperazine rings is 1. The number of fused-ring (bicyclic) bond motifs is 1. The van der Waals surface area contributed by atoms with Gasteiger partial charge in [-0.3, -0.25) is 9.69 Å². The maximum atomic E-state index is 13.8. The summed E-state index contributed by atoms with van der Waals surface area (Å²) in [4.78, 5) is 16.7. The van der Waals surface area contributed by atoms with E-state index in [9.17, 15) is 9.18 Å². The van der Waals surface area contributed by atoms with E-state index in [1.807, 2.05) is 0 Å². The van der Waals surface area contributed by atoms with Crippen molar-refractivity contribution in [3.63, 3.8) is 0 Å². The van der Waals surface area contributed by atoms with Gasteiger partial charge in [0, 0.05) is 30.1 Å². The number of nitrogens with zero attached hydrogens (tertiary/aromatic N) is 2. The zero-order valence-electron chi connectivity index (χ0n) is 10.6. The monoisotopic (exact) mass is 326 g/mol. The summed E-state index contributed by atoms with van der Waals surface area (Å²) in [6.45, 7) is 3.45. The van der Waals surface area contributed by atoms with Gasteiger partial charge in [0.2, 0.25) is 0 Å². The van der Waals surface area contributed by atoms with Crippen LogP contribution >= 0.6 is 15.9 Å². The lowest BCUT2D eigenvalue weighted by molar-refractivity contribution is 0.0566. The molecule has 1 amide bonds. The molecule has 1 aromatic rings. The molecule has 0 saturated carbocycles. The van der Waals surface area contributed by atoms with Gasteiger partial charge in [0.25, 0.3) is 5.91 Å². The summed E-state index contributed by atoms with van der Waals surface area (Å²) in [5.41, 5.74) is 0.161. The minimum Gasteiger partial charge on any atom is -0.336 e. The van der Waals surface area contributed by atoms with Crippen LogP contribution < -0.4 is 0 Å². The van der Waals surface area contributed by atoms with Gasteiger partial charge in [-0.2, -0.15) is 0 Å². The molecule has 0 N–H and O–H groups in total. The largest absolute Gasteiger partial charge is 0.336 e. The summed E-state index contributed by atoms with van der Waals surface area (Å²) in [7, 11) is 0. The van der Waals surface area contributed by atoms with Gasteiger partial charge in [-0.1, -0.05) is 6.07 Å². The molecule has 2 aliphatic rings. The van der Waals surface area contributed by atoms with Gasteiger partial charge in [-0.25, -0.2) is 4.39 Å². The van der Waals surface area contributed by atoms with Crippen molar-refractivity contribution in [2.75, 3.05) is 26.2 Å². The quantitative estimate of drug-likeness (QED) is 0.791. The summed E-state index contributed by atoms with van der Waals surface area (Å²) in [6, 6.07) is 5.11. The molecule has 1 atom stereocenters. The third-order valence-electron chi connectivity index (χ3n) is 4.05. The first-order valence-corrected chi connectivity index (χ1v) is 7.43. The van der Waals surface area contributed by atoms with E-state index < -0.39 is 5.82 Å². The molecule has 5 heteroatoms. The van der Waals surface area contributed by atoms with Gasteiger partial charge >= 0.3 is 0 Å². The second-order valence-corrected chi connectivity index (χ2v) is 6.03. The maximum Gasteiger partial charge on any atom is 0.258 e. The number of carbonyl (C=O) groups is 1. The lowest BCUT2D eigenvalue weighted by Gasteiger charge is -2.37. The van der Waals surface area contributed by atoms with E-state index in [2.05, 4.69) is 20.8 Å². The van der Waals surface area contributed by atoms with Crippen LogP contribution in [0.25, 0.3) is 0 Å². The first-order chi connectivity index (χ1) is 9.16. The molecule has 102 valence electrons. The van der Waals surface area contributed by atoms with E-state index in [1.54, 1.807) is 17.0 Å². The van der Waals surface area contributed by atoms with Crippen LogP contribution in [-0.4, -0.2) is 47.9 Å². The second-order valence-electron chi connectivity index (χ2n) is 5.18. The van der Waals surface area contributed by atoms with E-state index in [0.717, 1.165) is 26.1 Å². The Morgan fingerprint density at radius 2 is 2.16 bits per heavy atom. The number of hydrogen-bond acceptors (Lipinski definition) is 2. The molecule has 2 heterocycles. The fourth-order valence-corrected chi connectivity index (χ4v) is 3.55.